The molecule has 1 saturated heterocycles. The molecule has 2 N–H and O–H groups in total. The Morgan fingerprint density at radius 3 is 2.25 bits per heavy atom. The molecule has 0 aliphatic carbocycles. The predicted molar refractivity (Wildman–Crippen MR) is 96.5 cm³/mol. The maximum atomic E-state index is 12.7. The van der Waals surface area contributed by atoms with E-state index in [1.54, 1.807) is 7.11 Å². The SMILES string of the molecule is COc1ccc(C(C)NC(=O)C2(S(C)(=O)=O)CCNCC2)cc1.Cl. The van der Waals surface area contributed by atoms with E-state index in [9.17, 15) is 13.2 Å². The van der Waals surface area contributed by atoms with Gasteiger partial charge in [-0.1, -0.05) is 12.1 Å². The van der Waals surface area contributed by atoms with E-state index in [1.165, 1.54) is 0 Å². The minimum absolute atomic E-state index is 0. The molecule has 1 aliphatic rings. The molecule has 1 fully saturated rings. The van der Waals surface area contributed by atoms with Crippen molar-refractivity contribution >= 4 is 28.2 Å². The van der Waals surface area contributed by atoms with Crippen LogP contribution in [0.5, 0.6) is 5.75 Å². The lowest BCUT2D eigenvalue weighted by Gasteiger charge is -2.35. The first-order valence-corrected chi connectivity index (χ1v) is 9.54. The number of sulfone groups is 1. The van der Waals surface area contributed by atoms with Crippen molar-refractivity contribution in [1.82, 2.24) is 10.6 Å². The monoisotopic (exact) mass is 376 g/mol. The van der Waals surface area contributed by atoms with E-state index in [-0.39, 0.29) is 18.4 Å². The van der Waals surface area contributed by atoms with Crippen LogP contribution in [0.25, 0.3) is 0 Å². The van der Waals surface area contributed by atoms with Crippen LogP contribution in [0.1, 0.15) is 31.4 Å². The van der Waals surface area contributed by atoms with E-state index in [4.69, 9.17) is 4.74 Å². The minimum Gasteiger partial charge on any atom is -0.497 e. The van der Waals surface area contributed by atoms with Gasteiger partial charge in [0.1, 0.15) is 5.75 Å². The summed E-state index contributed by atoms with van der Waals surface area (Å²) in [5.41, 5.74) is 0.900. The van der Waals surface area contributed by atoms with E-state index in [0.29, 0.717) is 25.9 Å². The summed E-state index contributed by atoms with van der Waals surface area (Å²) in [7, 11) is -1.91. The summed E-state index contributed by atoms with van der Waals surface area (Å²) in [5.74, 6) is 0.322. The molecule has 1 aromatic carbocycles. The molecule has 136 valence electrons. The van der Waals surface area contributed by atoms with Gasteiger partial charge in [0, 0.05) is 6.26 Å². The van der Waals surface area contributed by atoms with Gasteiger partial charge in [0.25, 0.3) is 0 Å². The van der Waals surface area contributed by atoms with Gasteiger partial charge in [-0.3, -0.25) is 4.79 Å². The average molecular weight is 377 g/mol. The Bertz CT molecular complexity index is 655. The van der Waals surface area contributed by atoms with Gasteiger partial charge in [-0.05, 0) is 50.6 Å². The van der Waals surface area contributed by atoms with Gasteiger partial charge in [-0.2, -0.15) is 0 Å². The Hall–Kier alpha value is -1.31. The first-order chi connectivity index (χ1) is 10.8. The third kappa shape index (κ3) is 4.20. The quantitative estimate of drug-likeness (QED) is 0.812. The fourth-order valence-electron chi connectivity index (χ4n) is 2.90. The zero-order valence-electron chi connectivity index (χ0n) is 14.2. The van der Waals surface area contributed by atoms with E-state index in [2.05, 4.69) is 10.6 Å². The Morgan fingerprint density at radius 1 is 1.25 bits per heavy atom. The maximum absolute atomic E-state index is 12.7. The number of rotatable bonds is 5. The van der Waals surface area contributed by atoms with Crippen molar-refractivity contribution in [2.45, 2.75) is 30.6 Å². The third-order valence-corrected chi connectivity index (χ3v) is 6.51. The van der Waals surface area contributed by atoms with Crippen molar-refractivity contribution in [2.24, 2.45) is 0 Å². The van der Waals surface area contributed by atoms with Crippen LogP contribution in [0.3, 0.4) is 0 Å². The highest BCUT2D eigenvalue weighted by Crippen LogP contribution is 2.29. The maximum Gasteiger partial charge on any atom is 0.242 e. The Labute approximate surface area is 149 Å². The van der Waals surface area contributed by atoms with Crippen molar-refractivity contribution in [3.8, 4) is 5.75 Å². The molecular formula is C16H25ClN2O4S. The molecular weight excluding hydrogens is 352 g/mol. The van der Waals surface area contributed by atoms with Gasteiger partial charge in [-0.25, -0.2) is 8.42 Å². The number of amides is 1. The summed E-state index contributed by atoms with van der Waals surface area (Å²) in [5, 5.41) is 5.97. The summed E-state index contributed by atoms with van der Waals surface area (Å²) in [6.45, 7) is 2.89. The van der Waals surface area contributed by atoms with Gasteiger partial charge in [-0.15, -0.1) is 12.4 Å². The molecule has 0 aromatic heterocycles. The lowest BCUT2D eigenvalue weighted by molar-refractivity contribution is -0.125. The lowest BCUT2D eigenvalue weighted by atomic mass is 9.95. The van der Waals surface area contributed by atoms with Crippen molar-refractivity contribution in [1.29, 1.82) is 0 Å². The smallest absolute Gasteiger partial charge is 0.242 e. The number of methoxy groups -OCH3 is 1. The second kappa shape index (κ2) is 8.18. The van der Waals surface area contributed by atoms with E-state index in [0.717, 1.165) is 17.6 Å². The highest BCUT2D eigenvalue weighted by molar-refractivity contribution is 7.92. The molecule has 0 radical (unpaired) electrons. The number of carbonyl (C=O) groups is 1. The molecule has 24 heavy (non-hydrogen) atoms. The first kappa shape index (κ1) is 20.7. The summed E-state index contributed by atoms with van der Waals surface area (Å²) < 4.78 is 28.3. The van der Waals surface area contributed by atoms with Gasteiger partial charge in [0.15, 0.2) is 14.6 Å². The second-order valence-corrected chi connectivity index (χ2v) is 8.31. The summed E-state index contributed by atoms with van der Waals surface area (Å²) in [6.07, 6.45) is 1.75. The van der Waals surface area contributed by atoms with Crippen LogP contribution in [0.2, 0.25) is 0 Å². The van der Waals surface area contributed by atoms with Crippen molar-refractivity contribution in [3.05, 3.63) is 29.8 Å². The van der Waals surface area contributed by atoms with Crippen LogP contribution in [0, 0.1) is 0 Å². The molecule has 8 heteroatoms. The number of nitrogens with one attached hydrogen (secondary N) is 2. The van der Waals surface area contributed by atoms with Gasteiger partial charge in [0.05, 0.1) is 13.2 Å². The number of carbonyl (C=O) groups excluding carboxylic acids is 1. The average Bonchev–Trinajstić information content (AvgIpc) is 2.54. The van der Waals surface area contributed by atoms with Crippen LogP contribution >= 0.6 is 12.4 Å². The number of ether oxygens (including phenoxy) is 1. The number of benzene rings is 1. The standard InChI is InChI=1S/C16H24N2O4S.ClH/c1-12(13-4-6-14(22-2)7-5-13)18-15(19)16(23(3,20)21)8-10-17-11-9-16;/h4-7,12,17H,8-11H2,1-3H3,(H,18,19);1H. The van der Waals surface area contributed by atoms with Crippen LogP contribution in [0.15, 0.2) is 24.3 Å². The molecule has 0 saturated carbocycles. The Kier molecular flexibility index (Phi) is 7.07. The third-order valence-electron chi connectivity index (χ3n) is 4.50. The molecule has 1 atom stereocenters. The number of halogens is 1. The van der Waals surface area contributed by atoms with E-state index >= 15 is 0 Å². The molecule has 1 heterocycles. The van der Waals surface area contributed by atoms with Gasteiger partial charge < -0.3 is 15.4 Å². The molecule has 1 aliphatic heterocycles. The predicted octanol–water partition coefficient (Wildman–Crippen LogP) is 1.46. The number of hydrogen-bond donors (Lipinski definition) is 2. The van der Waals surface area contributed by atoms with E-state index in [1.807, 2.05) is 31.2 Å². The first-order valence-electron chi connectivity index (χ1n) is 7.65. The summed E-state index contributed by atoms with van der Waals surface area (Å²) in [6, 6.07) is 7.07. The fraction of sp³-hybridized carbons (Fsp3) is 0.562. The highest BCUT2D eigenvalue weighted by Gasteiger charge is 2.48. The fourth-order valence-corrected chi connectivity index (χ4v) is 4.24. The van der Waals surface area contributed by atoms with Crippen LogP contribution in [-0.2, 0) is 14.6 Å². The molecule has 0 spiro atoms. The molecule has 1 unspecified atom stereocenters. The molecule has 0 bridgehead atoms. The summed E-state index contributed by atoms with van der Waals surface area (Å²) >= 11 is 0. The van der Waals surface area contributed by atoms with Crippen molar-refractivity contribution < 1.29 is 17.9 Å². The largest absolute Gasteiger partial charge is 0.497 e. The summed E-state index contributed by atoms with van der Waals surface area (Å²) in [4.78, 5) is 12.7. The number of piperidine rings is 1. The zero-order valence-corrected chi connectivity index (χ0v) is 15.8. The van der Waals surface area contributed by atoms with Crippen LogP contribution in [0.4, 0.5) is 0 Å². The normalized spacial score (nSPS) is 18.1. The van der Waals surface area contributed by atoms with Gasteiger partial charge >= 0.3 is 0 Å². The van der Waals surface area contributed by atoms with E-state index < -0.39 is 20.5 Å². The van der Waals surface area contributed by atoms with Crippen LogP contribution < -0.4 is 15.4 Å². The second-order valence-electron chi connectivity index (χ2n) is 5.98. The van der Waals surface area contributed by atoms with Crippen LogP contribution in [-0.4, -0.2) is 45.5 Å². The lowest BCUT2D eigenvalue weighted by Crippen LogP contribution is -2.57. The molecule has 2 rings (SSSR count). The molecule has 6 nitrogen and oxygen atoms in total. The van der Waals surface area contributed by atoms with Crippen molar-refractivity contribution in [2.75, 3.05) is 26.5 Å². The van der Waals surface area contributed by atoms with Gasteiger partial charge in [0.2, 0.25) is 5.91 Å². The molecule has 1 aromatic rings. The Morgan fingerprint density at radius 2 is 1.79 bits per heavy atom. The minimum atomic E-state index is -3.50. The number of hydrogen-bond acceptors (Lipinski definition) is 5. The highest BCUT2D eigenvalue weighted by atomic mass is 35.5. The molecule has 1 amide bonds. The zero-order chi connectivity index (χ0) is 17.1. The topological polar surface area (TPSA) is 84.5 Å². The van der Waals surface area contributed by atoms with Crippen molar-refractivity contribution in [3.63, 3.8) is 0 Å². The Balaban J connectivity index is 0.00000288.